The Morgan fingerprint density at radius 3 is 2.10 bits per heavy atom. The van der Waals surface area contributed by atoms with Gasteiger partial charge in [-0.15, -0.1) is 11.3 Å². The molecule has 0 spiro atoms. The molecule has 3 heterocycles. The highest BCUT2D eigenvalue weighted by atomic mass is 32.1. The Morgan fingerprint density at radius 2 is 1.17 bits per heavy atom. The van der Waals surface area contributed by atoms with Gasteiger partial charge in [0, 0.05) is 53.6 Å². The standard InChI is InChI=1S/C47H28N2O2S/c1-2-9-29(10-3-1)31-18-17-30-19-20-33(26-32(30)25-31)49(35-22-24-45-38(27-35)36-11-4-7-16-44(36)52-45)34-21-23-41-39(28-34)46-37(12-8-15-43(46)50-41)47-48-40-13-5-6-14-42(40)51-47/h1-28H. The van der Waals surface area contributed by atoms with Gasteiger partial charge in [0.05, 0.1) is 0 Å². The smallest absolute Gasteiger partial charge is 0.228 e. The van der Waals surface area contributed by atoms with Gasteiger partial charge in [0.25, 0.3) is 0 Å². The predicted molar refractivity (Wildman–Crippen MR) is 217 cm³/mol. The van der Waals surface area contributed by atoms with E-state index in [0.29, 0.717) is 5.89 Å². The normalized spacial score (nSPS) is 11.8. The van der Waals surface area contributed by atoms with Crippen LogP contribution in [-0.2, 0) is 0 Å². The van der Waals surface area contributed by atoms with Crippen molar-refractivity contribution in [2.75, 3.05) is 4.90 Å². The van der Waals surface area contributed by atoms with E-state index in [1.165, 1.54) is 42.1 Å². The zero-order chi connectivity index (χ0) is 34.2. The molecule has 11 rings (SSSR count). The molecule has 0 saturated heterocycles. The number of hydrogen-bond donors (Lipinski definition) is 0. The average Bonchev–Trinajstić information content (AvgIpc) is 3.91. The molecule has 3 aromatic heterocycles. The van der Waals surface area contributed by atoms with E-state index in [9.17, 15) is 0 Å². The van der Waals surface area contributed by atoms with Gasteiger partial charge in [0.1, 0.15) is 16.7 Å². The number of hydrogen-bond acceptors (Lipinski definition) is 5. The summed E-state index contributed by atoms with van der Waals surface area (Å²) in [5.74, 6) is 0.579. The number of rotatable bonds is 5. The van der Waals surface area contributed by atoms with Crippen LogP contribution >= 0.6 is 11.3 Å². The Morgan fingerprint density at radius 1 is 0.442 bits per heavy atom. The summed E-state index contributed by atoms with van der Waals surface area (Å²) in [7, 11) is 0. The van der Waals surface area contributed by atoms with Crippen molar-refractivity contribution in [3.63, 3.8) is 0 Å². The first kappa shape index (κ1) is 29.1. The third kappa shape index (κ3) is 4.64. The largest absolute Gasteiger partial charge is 0.456 e. The molecule has 0 bridgehead atoms. The molecule has 0 N–H and O–H groups in total. The van der Waals surface area contributed by atoms with Crippen LogP contribution in [-0.4, -0.2) is 4.98 Å². The fourth-order valence-corrected chi connectivity index (χ4v) is 8.69. The van der Waals surface area contributed by atoms with E-state index in [2.05, 4.69) is 138 Å². The predicted octanol–water partition coefficient (Wildman–Crippen LogP) is 14.1. The number of oxazole rings is 1. The number of anilines is 3. The van der Waals surface area contributed by atoms with Gasteiger partial charge in [-0.25, -0.2) is 4.98 Å². The van der Waals surface area contributed by atoms with Gasteiger partial charge in [-0.05, 0) is 107 Å². The Hall–Kier alpha value is -6.69. The Bertz CT molecular complexity index is 3120. The zero-order valence-electron chi connectivity index (χ0n) is 27.8. The van der Waals surface area contributed by atoms with Gasteiger partial charge in [-0.2, -0.15) is 0 Å². The van der Waals surface area contributed by atoms with Crippen molar-refractivity contribution in [2.24, 2.45) is 0 Å². The molecule has 0 atom stereocenters. The fraction of sp³-hybridized carbons (Fsp3) is 0. The molecule has 0 aliphatic rings. The molecule has 0 saturated carbocycles. The summed E-state index contributed by atoms with van der Waals surface area (Å²) in [4.78, 5) is 7.22. The van der Waals surface area contributed by atoms with E-state index in [-0.39, 0.29) is 0 Å². The van der Waals surface area contributed by atoms with Crippen molar-refractivity contribution in [3.05, 3.63) is 170 Å². The van der Waals surface area contributed by atoms with Crippen molar-refractivity contribution < 1.29 is 8.83 Å². The van der Waals surface area contributed by atoms with E-state index in [0.717, 1.165) is 55.7 Å². The monoisotopic (exact) mass is 684 g/mol. The Balaban J connectivity index is 1.14. The summed E-state index contributed by atoms with van der Waals surface area (Å²) >= 11 is 1.83. The maximum atomic E-state index is 6.46. The molecule has 0 fully saturated rings. The first-order chi connectivity index (χ1) is 25.7. The third-order valence-corrected chi connectivity index (χ3v) is 11.2. The maximum Gasteiger partial charge on any atom is 0.228 e. The lowest BCUT2D eigenvalue weighted by Gasteiger charge is -2.26. The summed E-state index contributed by atoms with van der Waals surface area (Å²) in [6.45, 7) is 0. The summed E-state index contributed by atoms with van der Waals surface area (Å²) < 4.78 is 15.3. The molecule has 0 aliphatic carbocycles. The number of para-hydroxylation sites is 2. The highest BCUT2D eigenvalue weighted by Crippen LogP contribution is 2.44. The molecular weight excluding hydrogens is 657 g/mol. The lowest BCUT2D eigenvalue weighted by molar-refractivity contribution is 0.620. The van der Waals surface area contributed by atoms with Crippen LogP contribution in [0, 0.1) is 0 Å². The summed E-state index contributed by atoms with van der Waals surface area (Å²) in [5.41, 5.74) is 9.69. The topological polar surface area (TPSA) is 42.4 Å². The van der Waals surface area contributed by atoms with E-state index in [4.69, 9.17) is 13.8 Å². The number of thiophene rings is 1. The molecule has 5 heteroatoms. The molecular formula is C47H28N2O2S. The SMILES string of the molecule is c1ccc(-c2ccc3ccc(N(c4ccc5sc6ccccc6c5c4)c4ccc5oc6cccc(-c7nc8ccccc8o7)c6c5c4)cc3c2)cc1. The molecule has 0 amide bonds. The van der Waals surface area contributed by atoms with Crippen molar-refractivity contribution in [1.29, 1.82) is 0 Å². The average molecular weight is 685 g/mol. The number of aromatic nitrogens is 1. The van der Waals surface area contributed by atoms with Gasteiger partial charge >= 0.3 is 0 Å². The van der Waals surface area contributed by atoms with Gasteiger partial charge in [-0.3, -0.25) is 0 Å². The second-order valence-electron chi connectivity index (χ2n) is 13.2. The molecule has 4 nitrogen and oxygen atoms in total. The number of furan rings is 1. The second-order valence-corrected chi connectivity index (χ2v) is 14.3. The molecule has 0 radical (unpaired) electrons. The van der Waals surface area contributed by atoms with Crippen LogP contribution in [0.5, 0.6) is 0 Å². The van der Waals surface area contributed by atoms with Crippen molar-refractivity contribution in [2.45, 2.75) is 0 Å². The maximum absolute atomic E-state index is 6.46. The van der Waals surface area contributed by atoms with Crippen LogP contribution < -0.4 is 4.90 Å². The molecule has 52 heavy (non-hydrogen) atoms. The number of nitrogens with zero attached hydrogens (tertiary/aromatic N) is 2. The second kappa shape index (κ2) is 11.4. The number of benzene rings is 8. The van der Waals surface area contributed by atoms with Crippen LogP contribution in [0.1, 0.15) is 0 Å². The minimum absolute atomic E-state index is 0.579. The van der Waals surface area contributed by atoms with Gasteiger partial charge in [-0.1, -0.05) is 84.9 Å². The highest BCUT2D eigenvalue weighted by molar-refractivity contribution is 7.25. The quantitative estimate of drug-likeness (QED) is 0.181. The lowest BCUT2D eigenvalue weighted by atomic mass is 10.0. The van der Waals surface area contributed by atoms with Crippen LogP contribution in [0.3, 0.4) is 0 Å². The summed E-state index contributed by atoms with van der Waals surface area (Å²) in [6.07, 6.45) is 0. The Labute approximate surface area is 302 Å². The van der Waals surface area contributed by atoms with Crippen LogP contribution in [0.4, 0.5) is 17.1 Å². The minimum Gasteiger partial charge on any atom is -0.456 e. The summed E-state index contributed by atoms with van der Waals surface area (Å²) in [6, 6.07) is 60.0. The minimum atomic E-state index is 0.579. The van der Waals surface area contributed by atoms with Crippen molar-refractivity contribution in [3.8, 4) is 22.6 Å². The lowest BCUT2D eigenvalue weighted by Crippen LogP contribution is -2.09. The third-order valence-electron chi connectivity index (χ3n) is 10.1. The zero-order valence-corrected chi connectivity index (χ0v) is 28.6. The van der Waals surface area contributed by atoms with Crippen LogP contribution in [0.25, 0.3) is 86.6 Å². The Kier molecular flexibility index (Phi) is 6.39. The van der Waals surface area contributed by atoms with Gasteiger partial charge < -0.3 is 13.7 Å². The molecule has 244 valence electrons. The van der Waals surface area contributed by atoms with Crippen LogP contribution in [0.2, 0.25) is 0 Å². The molecule has 0 unspecified atom stereocenters. The first-order valence-electron chi connectivity index (χ1n) is 17.4. The first-order valence-corrected chi connectivity index (χ1v) is 18.2. The summed E-state index contributed by atoms with van der Waals surface area (Å²) in [5, 5.41) is 6.89. The van der Waals surface area contributed by atoms with Crippen molar-refractivity contribution in [1.82, 2.24) is 4.98 Å². The fourth-order valence-electron chi connectivity index (χ4n) is 7.60. The van der Waals surface area contributed by atoms with Crippen molar-refractivity contribution >= 4 is 92.4 Å². The molecule has 8 aromatic carbocycles. The van der Waals surface area contributed by atoms with E-state index in [1.807, 2.05) is 47.7 Å². The van der Waals surface area contributed by atoms with Crippen LogP contribution in [0.15, 0.2) is 179 Å². The van der Waals surface area contributed by atoms with E-state index < -0.39 is 0 Å². The van der Waals surface area contributed by atoms with Gasteiger partial charge in [0.2, 0.25) is 5.89 Å². The number of fused-ring (bicyclic) bond motifs is 8. The van der Waals surface area contributed by atoms with E-state index >= 15 is 0 Å². The molecule has 11 aromatic rings. The van der Waals surface area contributed by atoms with Gasteiger partial charge in [0.15, 0.2) is 5.58 Å². The highest BCUT2D eigenvalue weighted by Gasteiger charge is 2.20. The van der Waals surface area contributed by atoms with E-state index in [1.54, 1.807) is 0 Å². The molecule has 0 aliphatic heterocycles.